The Labute approximate surface area is 145 Å². The molecule has 25 heavy (non-hydrogen) atoms. The zero-order valence-corrected chi connectivity index (χ0v) is 14.7. The molecule has 1 aromatic heterocycles. The van der Waals surface area contributed by atoms with Gasteiger partial charge in [0.1, 0.15) is 5.75 Å². The summed E-state index contributed by atoms with van der Waals surface area (Å²) in [6.07, 6.45) is 0. The molecular formula is C18H18N2O4S. The van der Waals surface area contributed by atoms with Crippen LogP contribution in [0.1, 0.15) is 12.5 Å². The summed E-state index contributed by atoms with van der Waals surface area (Å²) < 4.78 is 32.3. The van der Waals surface area contributed by atoms with E-state index < -0.39 is 15.6 Å². The molecule has 1 heterocycles. The van der Waals surface area contributed by atoms with Crippen LogP contribution in [0.2, 0.25) is 0 Å². The summed E-state index contributed by atoms with van der Waals surface area (Å²) in [6.45, 7) is 3.91. The van der Waals surface area contributed by atoms with Crippen molar-refractivity contribution in [2.75, 3.05) is 12.3 Å². The summed E-state index contributed by atoms with van der Waals surface area (Å²) in [6, 6.07) is 12.5. The molecule has 0 saturated carbocycles. The van der Waals surface area contributed by atoms with Crippen LogP contribution < -0.4 is 16.0 Å². The second-order valence-corrected chi connectivity index (χ2v) is 7.41. The van der Waals surface area contributed by atoms with Crippen molar-refractivity contribution >= 4 is 26.6 Å². The Hall–Kier alpha value is -2.80. The molecular weight excluding hydrogens is 340 g/mol. The van der Waals surface area contributed by atoms with Gasteiger partial charge in [-0.05, 0) is 61.7 Å². The molecule has 3 aromatic rings. The Balaban J connectivity index is 2.28. The van der Waals surface area contributed by atoms with Gasteiger partial charge in [-0.15, -0.1) is 0 Å². The Bertz CT molecular complexity index is 1100. The second kappa shape index (κ2) is 6.25. The molecule has 7 heteroatoms. The van der Waals surface area contributed by atoms with Crippen molar-refractivity contribution in [1.82, 2.24) is 3.97 Å². The Morgan fingerprint density at radius 2 is 1.76 bits per heavy atom. The van der Waals surface area contributed by atoms with Crippen molar-refractivity contribution in [1.29, 1.82) is 0 Å². The minimum atomic E-state index is -4.07. The first-order chi connectivity index (χ1) is 11.8. The highest BCUT2D eigenvalue weighted by Gasteiger charge is 2.22. The van der Waals surface area contributed by atoms with Crippen molar-refractivity contribution in [3.8, 4) is 5.75 Å². The predicted molar refractivity (Wildman–Crippen MR) is 97.6 cm³/mol. The molecule has 3 rings (SSSR count). The van der Waals surface area contributed by atoms with Gasteiger partial charge in [0.2, 0.25) is 0 Å². The lowest BCUT2D eigenvalue weighted by atomic mass is 10.1. The van der Waals surface area contributed by atoms with Gasteiger partial charge in [-0.3, -0.25) is 4.79 Å². The van der Waals surface area contributed by atoms with Gasteiger partial charge < -0.3 is 10.5 Å². The summed E-state index contributed by atoms with van der Waals surface area (Å²) >= 11 is 0. The van der Waals surface area contributed by atoms with Crippen molar-refractivity contribution < 1.29 is 13.2 Å². The standard InChI is InChI=1S/C18H18N2O4S/c1-3-24-15-6-8-16(9-7-15)25(22,23)20-17-11-14(19)5-4-13(17)10-12(2)18(20)21/h4-11H,3,19H2,1-2H3. The van der Waals surface area contributed by atoms with Crippen LogP contribution in [0.4, 0.5) is 5.69 Å². The lowest BCUT2D eigenvalue weighted by Crippen LogP contribution is -2.29. The van der Waals surface area contributed by atoms with Gasteiger partial charge in [-0.1, -0.05) is 6.07 Å². The van der Waals surface area contributed by atoms with Gasteiger partial charge in [-0.2, -0.15) is 3.97 Å². The number of benzene rings is 2. The van der Waals surface area contributed by atoms with Crippen LogP contribution >= 0.6 is 0 Å². The fraction of sp³-hybridized carbons (Fsp3) is 0.167. The van der Waals surface area contributed by atoms with E-state index in [1.54, 1.807) is 37.3 Å². The van der Waals surface area contributed by atoms with E-state index in [9.17, 15) is 13.2 Å². The fourth-order valence-electron chi connectivity index (χ4n) is 2.64. The molecule has 0 spiro atoms. The third kappa shape index (κ3) is 2.98. The van der Waals surface area contributed by atoms with Crippen LogP contribution in [0, 0.1) is 6.92 Å². The van der Waals surface area contributed by atoms with E-state index in [0.717, 1.165) is 3.97 Å². The van der Waals surface area contributed by atoms with E-state index in [-0.39, 0.29) is 10.4 Å². The first-order valence-corrected chi connectivity index (χ1v) is 9.19. The van der Waals surface area contributed by atoms with Crippen molar-refractivity contribution in [2.24, 2.45) is 0 Å². The number of hydrogen-bond donors (Lipinski definition) is 1. The summed E-state index contributed by atoms with van der Waals surface area (Å²) in [5.74, 6) is 0.562. The molecule has 0 aliphatic carbocycles. The van der Waals surface area contributed by atoms with Gasteiger partial charge in [-0.25, -0.2) is 8.42 Å². The van der Waals surface area contributed by atoms with Gasteiger partial charge in [0.05, 0.1) is 17.0 Å². The highest BCUT2D eigenvalue weighted by molar-refractivity contribution is 7.90. The number of aryl methyl sites for hydroxylation is 1. The molecule has 0 radical (unpaired) electrons. The number of anilines is 1. The highest BCUT2D eigenvalue weighted by Crippen LogP contribution is 2.23. The number of fused-ring (bicyclic) bond motifs is 1. The first kappa shape index (κ1) is 17.0. The zero-order valence-electron chi connectivity index (χ0n) is 13.9. The lowest BCUT2D eigenvalue weighted by Gasteiger charge is -2.13. The number of pyridine rings is 1. The van der Waals surface area contributed by atoms with Crippen LogP contribution in [0.5, 0.6) is 5.75 Å². The third-order valence-corrected chi connectivity index (χ3v) is 5.55. The molecule has 0 saturated heterocycles. The van der Waals surface area contributed by atoms with Gasteiger partial charge in [0.25, 0.3) is 15.6 Å². The number of hydrogen-bond acceptors (Lipinski definition) is 5. The Morgan fingerprint density at radius 3 is 2.40 bits per heavy atom. The monoisotopic (exact) mass is 358 g/mol. The van der Waals surface area contributed by atoms with E-state index in [1.807, 2.05) is 6.92 Å². The first-order valence-electron chi connectivity index (χ1n) is 7.75. The van der Waals surface area contributed by atoms with E-state index in [0.29, 0.717) is 29.0 Å². The topological polar surface area (TPSA) is 91.4 Å². The minimum Gasteiger partial charge on any atom is -0.494 e. The van der Waals surface area contributed by atoms with Crippen molar-refractivity contribution in [3.63, 3.8) is 0 Å². The number of nitrogens with zero attached hydrogens (tertiary/aromatic N) is 1. The van der Waals surface area contributed by atoms with E-state index >= 15 is 0 Å². The lowest BCUT2D eigenvalue weighted by molar-refractivity contribution is 0.340. The fourth-order valence-corrected chi connectivity index (χ4v) is 4.11. The summed E-state index contributed by atoms with van der Waals surface area (Å²) in [5, 5.41) is 0.626. The highest BCUT2D eigenvalue weighted by atomic mass is 32.2. The number of ether oxygens (including phenoxy) is 1. The normalized spacial score (nSPS) is 11.6. The molecule has 0 fully saturated rings. The van der Waals surface area contributed by atoms with Crippen molar-refractivity contribution in [2.45, 2.75) is 18.7 Å². The number of aromatic nitrogens is 1. The average molecular weight is 358 g/mol. The largest absolute Gasteiger partial charge is 0.494 e. The predicted octanol–water partition coefficient (Wildman–Crippen LogP) is 2.53. The molecule has 2 aromatic carbocycles. The second-order valence-electron chi connectivity index (χ2n) is 5.62. The SMILES string of the molecule is CCOc1ccc(S(=O)(=O)n2c(=O)c(C)cc3ccc(N)cc32)cc1. The number of rotatable bonds is 4. The van der Waals surface area contributed by atoms with E-state index in [1.165, 1.54) is 18.2 Å². The maximum Gasteiger partial charge on any atom is 0.271 e. The quantitative estimate of drug-likeness (QED) is 0.724. The molecule has 6 nitrogen and oxygen atoms in total. The van der Waals surface area contributed by atoms with Gasteiger partial charge >= 0.3 is 0 Å². The summed E-state index contributed by atoms with van der Waals surface area (Å²) in [7, 11) is -4.07. The maximum atomic E-state index is 13.1. The number of nitrogen functional groups attached to an aromatic ring is 1. The molecule has 2 N–H and O–H groups in total. The third-order valence-electron chi connectivity index (χ3n) is 3.84. The molecule has 130 valence electrons. The molecule has 0 bridgehead atoms. The molecule has 0 aliphatic heterocycles. The minimum absolute atomic E-state index is 0.00683. The van der Waals surface area contributed by atoms with E-state index in [4.69, 9.17) is 10.5 Å². The maximum absolute atomic E-state index is 13.1. The van der Waals surface area contributed by atoms with Crippen LogP contribution in [-0.2, 0) is 10.0 Å². The number of nitrogens with two attached hydrogens (primary N) is 1. The smallest absolute Gasteiger partial charge is 0.271 e. The van der Waals surface area contributed by atoms with Crippen LogP contribution in [0.25, 0.3) is 10.9 Å². The van der Waals surface area contributed by atoms with Crippen molar-refractivity contribution in [3.05, 3.63) is 64.4 Å². The van der Waals surface area contributed by atoms with Crippen LogP contribution in [0.3, 0.4) is 0 Å². The van der Waals surface area contributed by atoms with Crippen LogP contribution in [-0.4, -0.2) is 19.0 Å². The summed E-state index contributed by atoms with van der Waals surface area (Å²) in [5.41, 5.74) is 6.17. The van der Waals surface area contributed by atoms with Crippen LogP contribution in [0.15, 0.2) is 58.2 Å². The molecule has 0 unspecified atom stereocenters. The van der Waals surface area contributed by atoms with E-state index in [2.05, 4.69) is 0 Å². The molecule has 0 atom stereocenters. The Kier molecular flexibility index (Phi) is 4.26. The van der Waals surface area contributed by atoms with Gasteiger partial charge in [0, 0.05) is 11.3 Å². The Morgan fingerprint density at radius 1 is 1.08 bits per heavy atom. The summed E-state index contributed by atoms with van der Waals surface area (Å²) in [4.78, 5) is 12.6. The molecule has 0 amide bonds. The molecule has 0 aliphatic rings. The zero-order chi connectivity index (χ0) is 18.2. The van der Waals surface area contributed by atoms with Gasteiger partial charge in [0.15, 0.2) is 0 Å². The average Bonchev–Trinajstić information content (AvgIpc) is 2.57.